The summed E-state index contributed by atoms with van der Waals surface area (Å²) >= 11 is 5.98. The maximum atomic E-state index is 12.7. The van der Waals surface area contributed by atoms with Gasteiger partial charge in [0.05, 0.1) is 30.7 Å². The number of carbonyl (C=O) groups is 2. The lowest BCUT2D eigenvalue weighted by atomic mass is 9.95. The molecule has 0 bridgehead atoms. The van der Waals surface area contributed by atoms with Crippen LogP contribution < -0.4 is 10.2 Å². The van der Waals surface area contributed by atoms with Gasteiger partial charge in [0.1, 0.15) is 11.4 Å². The molecule has 1 N–H and O–H groups in total. The van der Waals surface area contributed by atoms with Gasteiger partial charge in [0.2, 0.25) is 5.91 Å². The van der Waals surface area contributed by atoms with Gasteiger partial charge in [-0.25, -0.2) is 9.78 Å². The Labute approximate surface area is 203 Å². The monoisotopic (exact) mass is 481 g/mol. The molecular weight excluding hydrogens is 454 g/mol. The minimum absolute atomic E-state index is 0.0331. The van der Waals surface area contributed by atoms with Gasteiger partial charge in [0.25, 0.3) is 0 Å². The third-order valence-electron chi connectivity index (χ3n) is 6.79. The fourth-order valence-electron chi connectivity index (χ4n) is 4.87. The summed E-state index contributed by atoms with van der Waals surface area (Å²) in [5.74, 6) is 0.791. The zero-order valence-electron chi connectivity index (χ0n) is 19.2. The van der Waals surface area contributed by atoms with Crippen molar-refractivity contribution in [3.05, 3.63) is 59.4 Å². The van der Waals surface area contributed by atoms with Gasteiger partial charge in [-0.2, -0.15) is 0 Å². The van der Waals surface area contributed by atoms with Gasteiger partial charge in [0, 0.05) is 30.7 Å². The van der Waals surface area contributed by atoms with Gasteiger partial charge < -0.3 is 14.6 Å². The number of rotatable bonds is 5. The molecule has 1 atom stereocenters. The number of imidazole rings is 1. The molecule has 3 aromatic rings. The van der Waals surface area contributed by atoms with Crippen LogP contribution in [0.3, 0.4) is 0 Å². The first kappa shape index (κ1) is 22.7. The van der Waals surface area contributed by atoms with Crippen LogP contribution in [-0.2, 0) is 23.1 Å². The van der Waals surface area contributed by atoms with Gasteiger partial charge in [-0.3, -0.25) is 14.6 Å². The van der Waals surface area contributed by atoms with E-state index in [9.17, 15) is 9.59 Å². The summed E-state index contributed by atoms with van der Waals surface area (Å²) < 4.78 is 7.89. The first-order chi connectivity index (χ1) is 16.4. The predicted molar refractivity (Wildman–Crippen MR) is 131 cm³/mol. The number of nitrogens with one attached hydrogen (secondary N) is 1. The summed E-state index contributed by atoms with van der Waals surface area (Å²) in [5.41, 5.74) is 2.23. The molecule has 1 spiro atoms. The van der Waals surface area contributed by atoms with E-state index < -0.39 is 5.60 Å². The lowest BCUT2D eigenvalue weighted by Crippen LogP contribution is -2.39. The highest BCUT2D eigenvalue weighted by atomic mass is 35.5. The first-order valence-electron chi connectivity index (χ1n) is 11.6. The van der Waals surface area contributed by atoms with Gasteiger partial charge in [-0.1, -0.05) is 23.7 Å². The van der Waals surface area contributed by atoms with E-state index in [0.29, 0.717) is 37.6 Å². The van der Waals surface area contributed by atoms with Crippen LogP contribution in [0.15, 0.2) is 48.5 Å². The van der Waals surface area contributed by atoms with Crippen molar-refractivity contribution in [3.63, 3.8) is 0 Å². The van der Waals surface area contributed by atoms with E-state index in [1.165, 1.54) is 0 Å². The lowest BCUT2D eigenvalue weighted by Gasteiger charge is -2.25. The molecule has 0 saturated carbocycles. The number of ether oxygens (including phenoxy) is 1. The minimum atomic E-state index is -0.519. The van der Waals surface area contributed by atoms with Crippen molar-refractivity contribution in [3.8, 4) is 0 Å². The summed E-state index contributed by atoms with van der Waals surface area (Å²) in [6.07, 6.45) is 2.01. The molecule has 2 fully saturated rings. The number of para-hydroxylation sites is 2. The molecule has 9 heteroatoms. The molecule has 0 radical (unpaired) electrons. The number of benzene rings is 2. The van der Waals surface area contributed by atoms with Crippen LogP contribution in [0.1, 0.15) is 25.1 Å². The predicted octanol–water partition coefficient (Wildman–Crippen LogP) is 3.72. The molecule has 5 rings (SSSR count). The van der Waals surface area contributed by atoms with E-state index in [4.69, 9.17) is 16.3 Å². The van der Waals surface area contributed by atoms with Crippen LogP contribution in [0.4, 0.5) is 10.5 Å². The molecule has 2 aliphatic heterocycles. The Morgan fingerprint density at radius 3 is 2.74 bits per heavy atom. The van der Waals surface area contributed by atoms with Gasteiger partial charge >= 0.3 is 6.09 Å². The van der Waals surface area contributed by atoms with Crippen LogP contribution >= 0.6 is 11.6 Å². The van der Waals surface area contributed by atoms with Gasteiger partial charge in [0.15, 0.2) is 0 Å². The number of amides is 2. The molecule has 1 aromatic heterocycles. The number of aromatic nitrogens is 2. The summed E-state index contributed by atoms with van der Waals surface area (Å²) in [6, 6.07) is 15.1. The number of nitrogens with zero attached hydrogens (tertiary/aromatic N) is 4. The molecule has 3 heterocycles. The average Bonchev–Trinajstić information content (AvgIpc) is 3.25. The zero-order valence-corrected chi connectivity index (χ0v) is 19.9. The molecule has 178 valence electrons. The van der Waals surface area contributed by atoms with Crippen LogP contribution in [0.25, 0.3) is 11.0 Å². The Morgan fingerprint density at radius 1 is 1.15 bits per heavy atom. The van der Waals surface area contributed by atoms with Crippen molar-refractivity contribution in [1.29, 1.82) is 0 Å². The van der Waals surface area contributed by atoms with Crippen molar-refractivity contribution in [2.75, 3.05) is 31.1 Å². The molecule has 8 nitrogen and oxygen atoms in total. The molecule has 2 aromatic carbocycles. The summed E-state index contributed by atoms with van der Waals surface area (Å²) in [6.45, 7) is 2.70. The van der Waals surface area contributed by atoms with Gasteiger partial charge in [-0.05, 0) is 55.8 Å². The maximum absolute atomic E-state index is 12.7. The van der Waals surface area contributed by atoms with E-state index in [2.05, 4.69) is 15.2 Å². The fraction of sp³-hybridized carbons (Fsp3) is 0.400. The second-order valence-electron chi connectivity index (χ2n) is 9.10. The molecule has 2 saturated heterocycles. The van der Waals surface area contributed by atoms with E-state index in [0.717, 1.165) is 41.9 Å². The van der Waals surface area contributed by atoms with Crippen molar-refractivity contribution in [2.45, 2.75) is 31.4 Å². The normalized spacial score (nSPS) is 21.1. The Bertz CT molecular complexity index is 1210. The van der Waals surface area contributed by atoms with Crippen molar-refractivity contribution in [1.82, 2.24) is 19.8 Å². The zero-order chi connectivity index (χ0) is 23.7. The number of fused-ring (bicyclic) bond motifs is 1. The fourth-order valence-corrected chi connectivity index (χ4v) is 5.00. The largest absolute Gasteiger partial charge is 0.441 e. The SMILES string of the molecule is Cn1c(CNC(=O)CN2CCCC3(CC2)CN(c2ccc(Cl)cc2)C(=O)O3)nc2ccccc21. The molecule has 1 unspecified atom stereocenters. The van der Waals surface area contributed by atoms with Crippen LogP contribution in [0.2, 0.25) is 5.02 Å². The van der Waals surface area contributed by atoms with Crippen LogP contribution in [0, 0.1) is 0 Å². The van der Waals surface area contributed by atoms with E-state index in [1.807, 2.05) is 48.0 Å². The number of carbonyl (C=O) groups excluding carboxylic acids is 2. The Hall–Kier alpha value is -3.10. The number of likely N-dealkylation sites (tertiary alicyclic amines) is 1. The molecule has 2 amide bonds. The van der Waals surface area contributed by atoms with E-state index >= 15 is 0 Å². The van der Waals surface area contributed by atoms with Crippen LogP contribution in [0.5, 0.6) is 0 Å². The first-order valence-corrected chi connectivity index (χ1v) is 12.0. The lowest BCUT2D eigenvalue weighted by molar-refractivity contribution is -0.122. The maximum Gasteiger partial charge on any atom is 0.415 e. The molecule has 0 aliphatic carbocycles. The quantitative estimate of drug-likeness (QED) is 0.600. The third-order valence-corrected chi connectivity index (χ3v) is 7.04. The van der Waals surface area contributed by atoms with Crippen molar-refractivity contribution < 1.29 is 14.3 Å². The standard InChI is InChI=1S/C25H28ClN5O3/c1-29-21-6-3-2-5-20(21)28-22(29)15-27-23(32)16-30-13-4-11-25(12-14-30)17-31(24(33)34-25)19-9-7-18(26)8-10-19/h2-3,5-10H,4,11-17H2,1H3,(H,27,32). The summed E-state index contributed by atoms with van der Waals surface area (Å²) in [4.78, 5) is 33.7. The number of halogens is 1. The van der Waals surface area contributed by atoms with E-state index in [1.54, 1.807) is 17.0 Å². The Kier molecular flexibility index (Phi) is 6.18. The molecule has 34 heavy (non-hydrogen) atoms. The number of aryl methyl sites for hydroxylation is 1. The third kappa shape index (κ3) is 4.60. The molecule has 2 aliphatic rings. The van der Waals surface area contributed by atoms with Crippen molar-refractivity contribution >= 4 is 40.3 Å². The number of hydrogen-bond donors (Lipinski definition) is 1. The highest BCUT2D eigenvalue weighted by molar-refractivity contribution is 6.30. The minimum Gasteiger partial charge on any atom is -0.441 e. The summed E-state index contributed by atoms with van der Waals surface area (Å²) in [5, 5.41) is 3.63. The summed E-state index contributed by atoms with van der Waals surface area (Å²) in [7, 11) is 1.96. The van der Waals surface area contributed by atoms with Gasteiger partial charge in [-0.15, -0.1) is 0 Å². The molecular formula is C25H28ClN5O3. The topological polar surface area (TPSA) is 79.7 Å². The number of anilines is 1. The second-order valence-corrected chi connectivity index (χ2v) is 9.53. The van der Waals surface area contributed by atoms with E-state index in [-0.39, 0.29) is 12.0 Å². The Morgan fingerprint density at radius 2 is 1.94 bits per heavy atom. The highest BCUT2D eigenvalue weighted by Gasteiger charge is 2.46. The highest BCUT2D eigenvalue weighted by Crippen LogP contribution is 2.36. The van der Waals surface area contributed by atoms with Crippen molar-refractivity contribution in [2.24, 2.45) is 7.05 Å². The second kappa shape index (κ2) is 9.27. The number of hydrogen-bond acceptors (Lipinski definition) is 5. The Balaban J connectivity index is 1.16. The van der Waals surface area contributed by atoms with Crippen LogP contribution in [-0.4, -0.2) is 58.2 Å². The smallest absolute Gasteiger partial charge is 0.415 e. The average molecular weight is 482 g/mol.